The third-order valence-electron chi connectivity index (χ3n) is 2.69. The molecule has 0 aliphatic heterocycles. The number of halogens is 1. The third kappa shape index (κ3) is 4.76. The summed E-state index contributed by atoms with van der Waals surface area (Å²) in [4.78, 5) is 16.0. The molecule has 1 amide bonds. The van der Waals surface area contributed by atoms with E-state index in [0.717, 1.165) is 5.75 Å². The Bertz CT molecular complexity index is 595. The number of anilines is 1. The van der Waals surface area contributed by atoms with E-state index in [9.17, 15) is 4.79 Å². The predicted octanol–water partition coefficient (Wildman–Crippen LogP) is 4.02. The third-order valence-corrected chi connectivity index (χ3v) is 2.91. The first-order chi connectivity index (χ1) is 10.0. The summed E-state index contributed by atoms with van der Waals surface area (Å²) < 4.78 is 5.58. The van der Waals surface area contributed by atoms with E-state index < -0.39 is 0 Å². The van der Waals surface area contributed by atoms with Gasteiger partial charge in [0.05, 0.1) is 18.5 Å². The number of nitrogens with one attached hydrogen (secondary N) is 1. The number of amides is 1. The first-order valence-electron chi connectivity index (χ1n) is 6.70. The second kappa shape index (κ2) is 7.09. The molecule has 1 N–H and O–H groups in total. The monoisotopic (exact) mass is 304 g/mol. The van der Waals surface area contributed by atoms with Crippen molar-refractivity contribution in [2.75, 3.05) is 11.9 Å². The molecule has 0 fully saturated rings. The van der Waals surface area contributed by atoms with Crippen molar-refractivity contribution < 1.29 is 9.53 Å². The average Bonchev–Trinajstić information content (AvgIpc) is 2.48. The minimum atomic E-state index is -0.200. The number of carbonyl (C=O) groups is 1. The molecular formula is C16H17ClN2O2. The number of nitrogens with zero attached hydrogens (tertiary/aromatic N) is 1. The molecule has 1 aromatic carbocycles. The Morgan fingerprint density at radius 1 is 1.24 bits per heavy atom. The maximum Gasteiger partial charge on any atom is 0.255 e. The molecule has 0 saturated heterocycles. The Labute approximate surface area is 129 Å². The van der Waals surface area contributed by atoms with E-state index in [2.05, 4.69) is 24.1 Å². The standard InChI is InChI=1S/C16H17ClN2O2/c1-11(2)10-21-14-6-3-12(4-7-14)16(20)19-13-5-8-15(17)18-9-13/h3-9,11H,10H2,1-2H3,(H,19,20). The van der Waals surface area contributed by atoms with Crippen LogP contribution < -0.4 is 10.1 Å². The SMILES string of the molecule is CC(C)COc1ccc(C(=O)Nc2ccc(Cl)nc2)cc1. The topological polar surface area (TPSA) is 51.2 Å². The molecule has 1 aromatic heterocycles. The zero-order chi connectivity index (χ0) is 15.2. The summed E-state index contributed by atoms with van der Waals surface area (Å²) >= 11 is 5.70. The minimum Gasteiger partial charge on any atom is -0.493 e. The summed E-state index contributed by atoms with van der Waals surface area (Å²) in [6.45, 7) is 4.83. The molecule has 0 unspecified atom stereocenters. The van der Waals surface area contributed by atoms with Crippen molar-refractivity contribution in [1.29, 1.82) is 0 Å². The van der Waals surface area contributed by atoms with Gasteiger partial charge in [-0.3, -0.25) is 4.79 Å². The van der Waals surface area contributed by atoms with Gasteiger partial charge in [-0.1, -0.05) is 25.4 Å². The van der Waals surface area contributed by atoms with Crippen LogP contribution in [0.5, 0.6) is 5.75 Å². The second-order valence-corrected chi connectivity index (χ2v) is 5.44. The highest BCUT2D eigenvalue weighted by Gasteiger charge is 2.07. The lowest BCUT2D eigenvalue weighted by atomic mass is 10.2. The van der Waals surface area contributed by atoms with E-state index in [4.69, 9.17) is 16.3 Å². The van der Waals surface area contributed by atoms with Crippen molar-refractivity contribution in [3.63, 3.8) is 0 Å². The van der Waals surface area contributed by atoms with Crippen molar-refractivity contribution in [1.82, 2.24) is 4.98 Å². The normalized spacial score (nSPS) is 10.5. The molecule has 2 aromatic rings. The summed E-state index contributed by atoms with van der Waals surface area (Å²) in [5.74, 6) is 1.02. The Hall–Kier alpha value is -2.07. The molecule has 0 saturated carbocycles. The van der Waals surface area contributed by atoms with Crippen LogP contribution in [0.25, 0.3) is 0 Å². The molecule has 0 spiro atoms. The van der Waals surface area contributed by atoms with E-state index in [0.29, 0.717) is 28.9 Å². The van der Waals surface area contributed by atoms with Crippen molar-refractivity contribution in [2.45, 2.75) is 13.8 Å². The lowest BCUT2D eigenvalue weighted by molar-refractivity contribution is 0.102. The van der Waals surface area contributed by atoms with E-state index in [-0.39, 0.29) is 5.91 Å². The summed E-state index contributed by atoms with van der Waals surface area (Å²) in [7, 11) is 0. The van der Waals surface area contributed by atoms with Gasteiger partial charge in [0.15, 0.2) is 0 Å². The Balaban J connectivity index is 1.97. The van der Waals surface area contributed by atoms with Gasteiger partial charge < -0.3 is 10.1 Å². The molecule has 4 nitrogen and oxygen atoms in total. The predicted molar refractivity (Wildman–Crippen MR) is 84.0 cm³/mol. The fourth-order valence-corrected chi connectivity index (χ4v) is 1.73. The largest absolute Gasteiger partial charge is 0.493 e. The van der Waals surface area contributed by atoms with Crippen LogP contribution in [0.1, 0.15) is 24.2 Å². The smallest absolute Gasteiger partial charge is 0.255 e. The lowest BCUT2D eigenvalue weighted by Crippen LogP contribution is -2.12. The Kier molecular flexibility index (Phi) is 5.17. The maximum atomic E-state index is 12.1. The minimum absolute atomic E-state index is 0.200. The molecule has 21 heavy (non-hydrogen) atoms. The number of ether oxygens (including phenoxy) is 1. The first-order valence-corrected chi connectivity index (χ1v) is 7.08. The van der Waals surface area contributed by atoms with E-state index in [1.165, 1.54) is 6.20 Å². The average molecular weight is 305 g/mol. The van der Waals surface area contributed by atoms with Gasteiger partial charge in [0.1, 0.15) is 10.9 Å². The molecule has 0 radical (unpaired) electrons. The second-order valence-electron chi connectivity index (χ2n) is 5.05. The van der Waals surface area contributed by atoms with Gasteiger partial charge in [0.2, 0.25) is 0 Å². The number of hydrogen-bond acceptors (Lipinski definition) is 3. The summed E-state index contributed by atoms with van der Waals surface area (Å²) in [6, 6.07) is 10.4. The van der Waals surface area contributed by atoms with Crippen LogP contribution in [0.2, 0.25) is 5.15 Å². The van der Waals surface area contributed by atoms with Crippen molar-refractivity contribution in [3.05, 3.63) is 53.3 Å². The van der Waals surface area contributed by atoms with Crippen LogP contribution in [0, 0.1) is 5.92 Å². The van der Waals surface area contributed by atoms with Crippen LogP contribution >= 0.6 is 11.6 Å². The molecular weight excluding hydrogens is 288 g/mol. The summed E-state index contributed by atoms with van der Waals surface area (Å²) in [5.41, 5.74) is 1.16. The van der Waals surface area contributed by atoms with Gasteiger partial charge in [-0.2, -0.15) is 0 Å². The Morgan fingerprint density at radius 3 is 2.52 bits per heavy atom. The molecule has 0 bridgehead atoms. The van der Waals surface area contributed by atoms with E-state index in [1.807, 2.05) is 0 Å². The van der Waals surface area contributed by atoms with Crippen LogP contribution in [0.4, 0.5) is 5.69 Å². The fraction of sp³-hybridized carbons (Fsp3) is 0.250. The van der Waals surface area contributed by atoms with Crippen molar-refractivity contribution >= 4 is 23.2 Å². The quantitative estimate of drug-likeness (QED) is 0.849. The lowest BCUT2D eigenvalue weighted by Gasteiger charge is -2.09. The van der Waals surface area contributed by atoms with Crippen LogP contribution in [-0.4, -0.2) is 17.5 Å². The molecule has 1 heterocycles. The van der Waals surface area contributed by atoms with Crippen LogP contribution in [-0.2, 0) is 0 Å². The van der Waals surface area contributed by atoms with Gasteiger partial charge >= 0.3 is 0 Å². The number of benzene rings is 1. The van der Waals surface area contributed by atoms with Crippen LogP contribution in [0.3, 0.4) is 0 Å². The maximum absolute atomic E-state index is 12.1. The molecule has 0 atom stereocenters. The molecule has 0 aliphatic rings. The zero-order valence-electron chi connectivity index (χ0n) is 12.0. The first kappa shape index (κ1) is 15.3. The number of aromatic nitrogens is 1. The summed E-state index contributed by atoms with van der Waals surface area (Å²) in [6.07, 6.45) is 1.51. The highest BCUT2D eigenvalue weighted by Crippen LogP contribution is 2.15. The highest BCUT2D eigenvalue weighted by atomic mass is 35.5. The number of hydrogen-bond donors (Lipinski definition) is 1. The van der Waals surface area contributed by atoms with Crippen LogP contribution in [0.15, 0.2) is 42.6 Å². The number of rotatable bonds is 5. The highest BCUT2D eigenvalue weighted by molar-refractivity contribution is 6.29. The van der Waals surface area contributed by atoms with Gasteiger partial charge in [-0.25, -0.2) is 4.98 Å². The van der Waals surface area contributed by atoms with Gasteiger partial charge in [0, 0.05) is 5.56 Å². The number of carbonyl (C=O) groups excluding carboxylic acids is 1. The van der Waals surface area contributed by atoms with Gasteiger partial charge in [-0.15, -0.1) is 0 Å². The fourth-order valence-electron chi connectivity index (χ4n) is 1.62. The molecule has 0 aliphatic carbocycles. The van der Waals surface area contributed by atoms with Crippen molar-refractivity contribution in [3.8, 4) is 5.75 Å². The van der Waals surface area contributed by atoms with Gasteiger partial charge in [0.25, 0.3) is 5.91 Å². The van der Waals surface area contributed by atoms with Gasteiger partial charge in [-0.05, 0) is 42.3 Å². The number of pyridine rings is 1. The molecule has 5 heteroatoms. The molecule has 2 rings (SSSR count). The zero-order valence-corrected chi connectivity index (χ0v) is 12.7. The van der Waals surface area contributed by atoms with E-state index in [1.54, 1.807) is 36.4 Å². The van der Waals surface area contributed by atoms with Crippen molar-refractivity contribution in [2.24, 2.45) is 5.92 Å². The Morgan fingerprint density at radius 2 is 1.95 bits per heavy atom. The summed E-state index contributed by atoms with van der Waals surface area (Å²) in [5, 5.41) is 3.14. The molecule has 110 valence electrons. The van der Waals surface area contributed by atoms with E-state index >= 15 is 0 Å².